The minimum Gasteiger partial charge on any atom is -0.208 e. The van der Waals surface area contributed by atoms with Crippen LogP contribution in [0.25, 0.3) is 67.5 Å². The van der Waals surface area contributed by atoms with Crippen LogP contribution >= 0.6 is 0 Å². The first-order valence-corrected chi connectivity index (χ1v) is 16.8. The number of hydrogen-bond acceptors (Lipinski definition) is 3. The molecule has 1 aromatic heterocycles. The summed E-state index contributed by atoms with van der Waals surface area (Å²) in [6.07, 6.45) is 0. The summed E-state index contributed by atoms with van der Waals surface area (Å²) in [6, 6.07) is 49.8. The fraction of sp³-hybridized carbons (Fsp3) is 0.0426. The Balaban J connectivity index is 1.19. The van der Waals surface area contributed by atoms with Crippen LogP contribution in [0.2, 0.25) is 0 Å². The van der Waals surface area contributed by atoms with Crippen molar-refractivity contribution < 1.29 is 5.48 Å². The zero-order chi connectivity index (χ0) is 36.7. The van der Waals surface area contributed by atoms with Gasteiger partial charge in [0.1, 0.15) is 0 Å². The molecule has 50 heavy (non-hydrogen) atoms. The van der Waals surface area contributed by atoms with Gasteiger partial charge in [-0.05, 0) is 74.7 Å². The maximum absolute atomic E-state index is 8.78. The molecule has 0 N–H and O–H groups in total. The highest BCUT2D eigenvalue weighted by Gasteiger charge is 2.51. The van der Waals surface area contributed by atoms with E-state index < -0.39 is 5.41 Å². The van der Waals surface area contributed by atoms with Crippen LogP contribution in [0, 0.1) is 6.92 Å². The fourth-order valence-corrected chi connectivity index (χ4v) is 7.98. The van der Waals surface area contributed by atoms with Gasteiger partial charge < -0.3 is 0 Å². The monoisotopic (exact) mass is 641 g/mol. The van der Waals surface area contributed by atoms with Gasteiger partial charge in [0.15, 0.2) is 17.5 Å². The molecule has 0 saturated heterocycles. The van der Waals surface area contributed by atoms with Crippen molar-refractivity contribution >= 4 is 0 Å². The first-order valence-electron chi connectivity index (χ1n) is 18.8. The van der Waals surface area contributed by atoms with Gasteiger partial charge in [0.25, 0.3) is 0 Å². The van der Waals surface area contributed by atoms with Gasteiger partial charge >= 0.3 is 0 Å². The minimum atomic E-state index is -0.507. The number of aromatic nitrogens is 3. The number of fused-ring (bicyclic) bond motifs is 10. The smallest absolute Gasteiger partial charge is 0.164 e. The normalized spacial score (nSPS) is 14.2. The number of hydrogen-bond donors (Lipinski definition) is 0. The summed E-state index contributed by atoms with van der Waals surface area (Å²) in [5.74, 6) is 1.51. The third-order valence-corrected chi connectivity index (χ3v) is 10.1. The third-order valence-electron chi connectivity index (χ3n) is 10.1. The minimum absolute atomic E-state index is 0.0718. The Kier molecular flexibility index (Phi) is 5.45. The lowest BCUT2D eigenvalue weighted by Gasteiger charge is -2.30. The zero-order valence-corrected chi connectivity index (χ0v) is 27.2. The second-order valence-electron chi connectivity index (χ2n) is 12.9. The standard InChI is InChI=1S/C47H31N3/c1-30-13-11-16-32(27-30)33-17-12-18-34(28-33)45-48-44(31-14-3-2-4-15-31)49-46(50-45)35-25-26-39-38-21-7-10-24-42(38)47(43(39)29-35)40-22-8-5-19-36(40)37-20-6-9-23-41(37)47/h2-29H,1H3/i11D,13D,16D,27D. The Morgan fingerprint density at radius 2 is 0.920 bits per heavy atom. The Hall–Kier alpha value is -6.45. The largest absolute Gasteiger partial charge is 0.208 e. The molecule has 234 valence electrons. The van der Waals surface area contributed by atoms with Crippen molar-refractivity contribution in [1.82, 2.24) is 15.0 Å². The summed E-state index contributed by atoms with van der Waals surface area (Å²) in [5.41, 5.74) is 13.0. The van der Waals surface area contributed by atoms with E-state index >= 15 is 0 Å². The van der Waals surface area contributed by atoms with E-state index in [0.29, 0.717) is 39.7 Å². The highest BCUT2D eigenvalue weighted by Crippen LogP contribution is 2.62. The van der Waals surface area contributed by atoms with Gasteiger partial charge in [-0.2, -0.15) is 0 Å². The number of rotatable bonds is 4. The molecule has 0 saturated carbocycles. The second kappa shape index (κ2) is 11.0. The van der Waals surface area contributed by atoms with Gasteiger partial charge in [-0.25, -0.2) is 15.0 Å². The van der Waals surface area contributed by atoms with E-state index in [1.165, 1.54) is 44.5 Å². The fourth-order valence-electron chi connectivity index (χ4n) is 7.98. The maximum Gasteiger partial charge on any atom is 0.164 e. The van der Waals surface area contributed by atoms with E-state index in [9.17, 15) is 0 Å². The Morgan fingerprint density at radius 3 is 1.56 bits per heavy atom. The number of nitrogens with zero attached hydrogens (tertiary/aromatic N) is 3. The molecular formula is C47H31N3. The highest BCUT2D eigenvalue weighted by atomic mass is 15.0. The van der Waals surface area contributed by atoms with E-state index in [1.807, 2.05) is 54.6 Å². The molecule has 0 fully saturated rings. The molecule has 0 aliphatic heterocycles. The molecule has 0 bridgehead atoms. The van der Waals surface area contributed by atoms with Crippen molar-refractivity contribution in [3.05, 3.63) is 198 Å². The molecule has 10 rings (SSSR count). The molecule has 2 aliphatic carbocycles. The molecule has 0 radical (unpaired) electrons. The van der Waals surface area contributed by atoms with Crippen molar-refractivity contribution in [2.45, 2.75) is 12.3 Å². The molecule has 2 aliphatic rings. The molecule has 0 unspecified atom stereocenters. The van der Waals surface area contributed by atoms with Gasteiger partial charge in [-0.1, -0.05) is 163 Å². The van der Waals surface area contributed by atoms with Crippen LogP contribution in [0.1, 0.15) is 33.3 Å². The lowest BCUT2D eigenvalue weighted by atomic mass is 9.70. The summed E-state index contributed by atoms with van der Waals surface area (Å²) >= 11 is 0. The average Bonchev–Trinajstić information content (AvgIpc) is 3.70. The lowest BCUT2D eigenvalue weighted by Crippen LogP contribution is -2.25. The molecule has 1 heterocycles. The van der Waals surface area contributed by atoms with Gasteiger partial charge in [0, 0.05) is 16.7 Å². The first-order chi connectivity index (χ1) is 26.4. The van der Waals surface area contributed by atoms with Gasteiger partial charge in [0.05, 0.1) is 10.9 Å². The van der Waals surface area contributed by atoms with E-state index in [1.54, 1.807) is 6.92 Å². The Morgan fingerprint density at radius 1 is 0.420 bits per heavy atom. The van der Waals surface area contributed by atoms with Crippen LogP contribution in [-0.2, 0) is 5.41 Å². The van der Waals surface area contributed by atoms with E-state index in [-0.39, 0.29) is 24.2 Å². The molecule has 7 aromatic carbocycles. The highest BCUT2D eigenvalue weighted by molar-refractivity contribution is 5.95. The van der Waals surface area contributed by atoms with Gasteiger partial charge in [-0.3, -0.25) is 0 Å². The van der Waals surface area contributed by atoms with E-state index in [0.717, 1.165) is 11.1 Å². The van der Waals surface area contributed by atoms with E-state index in [2.05, 4.69) is 91.0 Å². The number of benzene rings is 7. The topological polar surface area (TPSA) is 38.7 Å². The zero-order valence-electron chi connectivity index (χ0n) is 31.2. The molecule has 3 nitrogen and oxygen atoms in total. The predicted molar refractivity (Wildman–Crippen MR) is 203 cm³/mol. The Labute approximate surface area is 297 Å². The van der Waals surface area contributed by atoms with Crippen molar-refractivity contribution in [2.75, 3.05) is 0 Å². The van der Waals surface area contributed by atoms with Crippen LogP contribution in [0.5, 0.6) is 0 Å². The molecule has 8 aromatic rings. The van der Waals surface area contributed by atoms with Crippen LogP contribution in [0.4, 0.5) is 0 Å². The second-order valence-corrected chi connectivity index (χ2v) is 12.9. The average molecular weight is 642 g/mol. The van der Waals surface area contributed by atoms with Crippen molar-refractivity contribution in [3.63, 3.8) is 0 Å². The van der Waals surface area contributed by atoms with Crippen molar-refractivity contribution in [3.8, 4) is 67.5 Å². The van der Waals surface area contributed by atoms with Crippen molar-refractivity contribution in [1.29, 1.82) is 0 Å². The van der Waals surface area contributed by atoms with Crippen LogP contribution in [-0.4, -0.2) is 15.0 Å². The first kappa shape index (κ1) is 24.7. The lowest BCUT2D eigenvalue weighted by molar-refractivity contribution is 0.794. The third kappa shape index (κ3) is 4.20. The summed E-state index contributed by atoms with van der Waals surface area (Å²) in [5, 5.41) is 0. The molecule has 1 spiro atoms. The SMILES string of the molecule is [2H]c1c([2H])c(C)c([2H])c(-c2cccc(-c3nc(-c4ccccc4)nc(-c4ccc5c(c4)C4(c6ccccc6-c6ccccc64)c4ccccc4-5)n3)c2)c1[2H]. The molecule has 0 atom stereocenters. The predicted octanol–water partition coefficient (Wildman–Crippen LogP) is 11.2. The molecular weight excluding hydrogens is 607 g/mol. The van der Waals surface area contributed by atoms with Gasteiger partial charge in [0.2, 0.25) is 0 Å². The summed E-state index contributed by atoms with van der Waals surface area (Å²) < 4.78 is 34.1. The molecule has 0 amide bonds. The van der Waals surface area contributed by atoms with Crippen LogP contribution in [0.3, 0.4) is 0 Å². The van der Waals surface area contributed by atoms with Crippen molar-refractivity contribution in [2.24, 2.45) is 0 Å². The maximum atomic E-state index is 8.78. The van der Waals surface area contributed by atoms with E-state index in [4.69, 9.17) is 20.4 Å². The summed E-state index contributed by atoms with van der Waals surface area (Å²) in [7, 11) is 0. The Bertz CT molecular complexity index is 2760. The quantitative estimate of drug-likeness (QED) is 0.192. The summed E-state index contributed by atoms with van der Waals surface area (Å²) in [4.78, 5) is 15.2. The van der Waals surface area contributed by atoms with Crippen LogP contribution in [0.15, 0.2) is 170 Å². The molecule has 3 heteroatoms. The summed E-state index contributed by atoms with van der Waals surface area (Å²) in [6.45, 7) is 1.65. The van der Waals surface area contributed by atoms with Gasteiger partial charge in [-0.15, -0.1) is 0 Å². The van der Waals surface area contributed by atoms with Crippen LogP contribution < -0.4 is 0 Å².